The predicted molar refractivity (Wildman–Crippen MR) is 78.4 cm³/mol. The molecule has 0 unspecified atom stereocenters. The van der Waals surface area contributed by atoms with Gasteiger partial charge in [0, 0.05) is 5.02 Å². The molecule has 2 amide bonds. The molecule has 6 heteroatoms. The van der Waals surface area contributed by atoms with Crippen LogP contribution in [0.15, 0.2) is 30.4 Å². The summed E-state index contributed by atoms with van der Waals surface area (Å²) in [6.45, 7) is 1.84. The van der Waals surface area contributed by atoms with E-state index in [2.05, 4.69) is 0 Å². The lowest BCUT2D eigenvalue weighted by molar-refractivity contribution is -0.126. The third-order valence-electron chi connectivity index (χ3n) is 4.48. The minimum Gasteiger partial charge on any atom is -0.362 e. The highest BCUT2D eigenvalue weighted by atomic mass is 35.5. The number of rotatable bonds is 1. The molecule has 108 valence electrons. The zero-order chi connectivity index (χ0) is 14.9. The summed E-state index contributed by atoms with van der Waals surface area (Å²) in [5.74, 6) is -1.46. The highest BCUT2D eigenvalue weighted by Crippen LogP contribution is 2.52. The second kappa shape index (κ2) is 4.09. The van der Waals surface area contributed by atoms with Crippen LogP contribution in [-0.4, -0.2) is 23.5 Å². The Morgan fingerprint density at radius 1 is 1.24 bits per heavy atom. The van der Waals surface area contributed by atoms with Crippen LogP contribution in [0, 0.1) is 11.8 Å². The van der Waals surface area contributed by atoms with Crippen LogP contribution >= 0.6 is 23.2 Å². The van der Waals surface area contributed by atoms with Gasteiger partial charge in [-0.2, -0.15) is 0 Å². The number of halogens is 2. The SMILES string of the molecule is C[C@@]12C=C[C@H](O1)[C@@H]1C(=O)N(c3ccc(Cl)cc3Cl)C(=O)[C@@H]12. The van der Waals surface area contributed by atoms with Crippen LogP contribution in [0.25, 0.3) is 0 Å². The molecule has 3 heterocycles. The molecular weight excluding hydrogens is 313 g/mol. The highest BCUT2D eigenvalue weighted by Gasteiger charge is 2.66. The highest BCUT2D eigenvalue weighted by molar-refractivity contribution is 6.38. The van der Waals surface area contributed by atoms with E-state index >= 15 is 0 Å². The van der Waals surface area contributed by atoms with Gasteiger partial charge in [0.1, 0.15) is 0 Å². The van der Waals surface area contributed by atoms with Gasteiger partial charge in [-0.05, 0) is 25.1 Å². The summed E-state index contributed by atoms with van der Waals surface area (Å²) >= 11 is 12.0. The Morgan fingerprint density at radius 2 is 2.00 bits per heavy atom. The topological polar surface area (TPSA) is 46.6 Å². The molecule has 3 aliphatic rings. The van der Waals surface area contributed by atoms with E-state index in [1.807, 2.05) is 19.1 Å². The van der Waals surface area contributed by atoms with Crippen LogP contribution < -0.4 is 4.90 Å². The Morgan fingerprint density at radius 3 is 2.67 bits per heavy atom. The normalized spacial score (nSPS) is 36.7. The molecule has 0 saturated carbocycles. The zero-order valence-electron chi connectivity index (χ0n) is 11.0. The second-order valence-electron chi connectivity index (χ2n) is 5.74. The Hall–Kier alpha value is -1.36. The van der Waals surface area contributed by atoms with Gasteiger partial charge in [-0.25, -0.2) is 4.90 Å². The number of ether oxygens (including phenoxy) is 1. The molecule has 3 aliphatic heterocycles. The minimum atomic E-state index is -0.699. The van der Waals surface area contributed by atoms with Crippen molar-refractivity contribution >= 4 is 40.7 Å². The molecule has 2 fully saturated rings. The van der Waals surface area contributed by atoms with Crippen molar-refractivity contribution in [2.75, 3.05) is 4.90 Å². The Balaban J connectivity index is 1.80. The molecule has 4 rings (SSSR count). The first kappa shape index (κ1) is 13.3. The van der Waals surface area contributed by atoms with Gasteiger partial charge in [-0.15, -0.1) is 0 Å². The maximum Gasteiger partial charge on any atom is 0.241 e. The number of carbonyl (C=O) groups excluding carboxylic acids is 2. The van der Waals surface area contributed by atoms with Crippen LogP contribution in [0.5, 0.6) is 0 Å². The lowest BCUT2D eigenvalue weighted by Gasteiger charge is -2.24. The average Bonchev–Trinajstić information content (AvgIpc) is 3.01. The molecule has 0 N–H and O–H groups in total. The van der Waals surface area contributed by atoms with E-state index in [1.54, 1.807) is 12.1 Å². The summed E-state index contributed by atoms with van der Waals surface area (Å²) in [7, 11) is 0. The Labute approximate surface area is 131 Å². The molecule has 4 atom stereocenters. The van der Waals surface area contributed by atoms with E-state index in [0.29, 0.717) is 10.7 Å². The van der Waals surface area contributed by atoms with Crippen molar-refractivity contribution in [3.8, 4) is 0 Å². The van der Waals surface area contributed by atoms with Gasteiger partial charge in [-0.3, -0.25) is 9.59 Å². The number of anilines is 1. The Kier molecular flexibility index (Phi) is 2.60. The van der Waals surface area contributed by atoms with Crippen molar-refractivity contribution in [1.29, 1.82) is 0 Å². The fourth-order valence-electron chi connectivity index (χ4n) is 3.55. The minimum absolute atomic E-state index is 0.257. The van der Waals surface area contributed by atoms with E-state index in [1.165, 1.54) is 11.0 Å². The second-order valence-corrected chi connectivity index (χ2v) is 6.58. The molecular formula is C15H11Cl2NO3. The first-order chi connectivity index (χ1) is 9.92. The summed E-state index contributed by atoms with van der Waals surface area (Å²) in [6.07, 6.45) is 3.41. The number of amides is 2. The van der Waals surface area contributed by atoms with Gasteiger partial charge >= 0.3 is 0 Å². The molecule has 2 saturated heterocycles. The van der Waals surface area contributed by atoms with E-state index in [4.69, 9.17) is 27.9 Å². The van der Waals surface area contributed by atoms with E-state index in [-0.39, 0.29) is 22.9 Å². The molecule has 0 spiro atoms. The third-order valence-corrected chi connectivity index (χ3v) is 5.02. The number of imide groups is 1. The van der Waals surface area contributed by atoms with Crippen molar-refractivity contribution in [3.63, 3.8) is 0 Å². The summed E-state index contributed by atoms with van der Waals surface area (Å²) < 4.78 is 5.77. The molecule has 0 aliphatic carbocycles. The van der Waals surface area contributed by atoms with Crippen LogP contribution in [0.4, 0.5) is 5.69 Å². The molecule has 21 heavy (non-hydrogen) atoms. The molecule has 0 radical (unpaired) electrons. The number of carbonyl (C=O) groups is 2. The monoisotopic (exact) mass is 323 g/mol. The van der Waals surface area contributed by atoms with Gasteiger partial charge in [0.15, 0.2) is 0 Å². The van der Waals surface area contributed by atoms with Crippen molar-refractivity contribution in [1.82, 2.24) is 0 Å². The predicted octanol–water partition coefficient (Wildman–Crippen LogP) is 2.83. The smallest absolute Gasteiger partial charge is 0.241 e. The van der Waals surface area contributed by atoms with Gasteiger partial charge in [0.05, 0.1) is 34.3 Å². The maximum absolute atomic E-state index is 12.7. The quantitative estimate of drug-likeness (QED) is 0.589. The fourth-order valence-corrected chi connectivity index (χ4v) is 4.05. The summed E-state index contributed by atoms with van der Waals surface area (Å²) in [6, 6.07) is 4.74. The number of fused-ring (bicyclic) bond motifs is 5. The van der Waals surface area contributed by atoms with Crippen molar-refractivity contribution < 1.29 is 14.3 Å². The fraction of sp³-hybridized carbons (Fsp3) is 0.333. The van der Waals surface area contributed by atoms with Crippen LogP contribution in [-0.2, 0) is 14.3 Å². The van der Waals surface area contributed by atoms with Crippen molar-refractivity contribution in [2.24, 2.45) is 11.8 Å². The standard InChI is InChI=1S/C15H11Cl2NO3/c1-15-5-4-10(21-15)11-12(15)14(20)18(13(11)19)9-3-2-7(16)6-8(9)17/h2-6,10-12H,1H3/t10-,11-,12+,15-/m0/s1. The average molecular weight is 324 g/mol. The molecule has 1 aromatic rings. The lowest BCUT2D eigenvalue weighted by Crippen LogP contribution is -2.38. The maximum atomic E-state index is 12.7. The summed E-state index contributed by atoms with van der Waals surface area (Å²) in [5.41, 5.74) is -0.316. The number of hydrogen-bond donors (Lipinski definition) is 0. The van der Waals surface area contributed by atoms with Gasteiger partial charge in [0.2, 0.25) is 11.8 Å². The first-order valence-electron chi connectivity index (χ1n) is 6.62. The van der Waals surface area contributed by atoms with E-state index in [9.17, 15) is 9.59 Å². The summed E-state index contributed by atoms with van der Waals surface area (Å²) in [5, 5.41) is 0.746. The summed E-state index contributed by atoms with van der Waals surface area (Å²) in [4.78, 5) is 26.6. The molecule has 0 aromatic heterocycles. The van der Waals surface area contributed by atoms with Gasteiger partial charge in [-0.1, -0.05) is 35.4 Å². The largest absolute Gasteiger partial charge is 0.362 e. The number of benzene rings is 1. The van der Waals surface area contributed by atoms with Crippen LogP contribution in [0.3, 0.4) is 0 Å². The van der Waals surface area contributed by atoms with Crippen LogP contribution in [0.1, 0.15) is 6.92 Å². The van der Waals surface area contributed by atoms with E-state index < -0.39 is 17.4 Å². The number of nitrogens with zero attached hydrogens (tertiary/aromatic N) is 1. The Bertz CT molecular complexity index is 717. The van der Waals surface area contributed by atoms with Gasteiger partial charge in [0.25, 0.3) is 0 Å². The van der Waals surface area contributed by atoms with Gasteiger partial charge < -0.3 is 4.74 Å². The molecule has 4 nitrogen and oxygen atoms in total. The number of hydrogen-bond acceptors (Lipinski definition) is 3. The van der Waals surface area contributed by atoms with E-state index in [0.717, 1.165) is 0 Å². The third kappa shape index (κ3) is 1.61. The zero-order valence-corrected chi connectivity index (χ0v) is 12.6. The lowest BCUT2D eigenvalue weighted by atomic mass is 9.78. The van der Waals surface area contributed by atoms with Crippen molar-refractivity contribution in [3.05, 3.63) is 40.4 Å². The molecule has 1 aromatic carbocycles. The molecule has 2 bridgehead atoms. The van der Waals surface area contributed by atoms with Crippen molar-refractivity contribution in [2.45, 2.75) is 18.6 Å². The van der Waals surface area contributed by atoms with Crippen LogP contribution in [0.2, 0.25) is 10.0 Å². The first-order valence-corrected chi connectivity index (χ1v) is 7.38.